The third kappa shape index (κ3) is 4.13. The fourth-order valence-corrected chi connectivity index (χ4v) is 1.09. The third-order valence-corrected chi connectivity index (χ3v) is 2.82. The number of aliphatic hydroxyl groups is 1. The highest BCUT2D eigenvalue weighted by Crippen LogP contribution is 2.10. The third-order valence-electron chi connectivity index (χ3n) is 1.13. The van der Waals surface area contributed by atoms with E-state index >= 15 is 0 Å². The minimum Gasteiger partial charge on any atom is -0.362 e. The first-order valence-electron chi connectivity index (χ1n) is 3.59. The Hall–Kier alpha value is -0.0100. The van der Waals surface area contributed by atoms with Gasteiger partial charge in [0.1, 0.15) is 11.0 Å². The molecule has 0 bridgehead atoms. The van der Waals surface area contributed by atoms with E-state index in [1.165, 1.54) is 6.92 Å². The lowest BCUT2D eigenvalue weighted by Gasteiger charge is -2.27. The maximum atomic E-state index is 11.4. The van der Waals surface area contributed by atoms with Crippen molar-refractivity contribution in [3.63, 3.8) is 0 Å². The molecule has 5 nitrogen and oxygen atoms in total. The topological polar surface area (TPSA) is 87.4 Å². The molecule has 0 aromatic heterocycles. The number of hydrogen-bond donors (Lipinski definition) is 4. The second-order valence-corrected chi connectivity index (χ2v) is 5.67. The van der Waals surface area contributed by atoms with Gasteiger partial charge in [-0.2, -0.15) is 4.72 Å². The molecule has 0 rings (SSSR count). The molecule has 0 aliphatic carbocycles. The Morgan fingerprint density at radius 2 is 1.75 bits per heavy atom. The van der Waals surface area contributed by atoms with E-state index in [1.54, 1.807) is 20.8 Å². The number of nitrogens with two attached hydrogens (primary N) is 1. The number of hydrazine groups is 1. The SMILES string of the molecule is CC(O)(NN)NS(=O)C(C)(C)C. The summed E-state index contributed by atoms with van der Waals surface area (Å²) in [6.07, 6.45) is 0. The Bertz CT molecular complexity index is 176. The van der Waals surface area contributed by atoms with Crippen LogP contribution in [0.2, 0.25) is 0 Å². The van der Waals surface area contributed by atoms with E-state index in [-0.39, 0.29) is 0 Å². The summed E-state index contributed by atoms with van der Waals surface area (Å²) in [4.78, 5) is 0. The molecule has 0 saturated heterocycles. The van der Waals surface area contributed by atoms with Gasteiger partial charge in [0.25, 0.3) is 0 Å². The van der Waals surface area contributed by atoms with Crippen LogP contribution in [0.3, 0.4) is 0 Å². The summed E-state index contributed by atoms with van der Waals surface area (Å²) < 4.78 is 13.4. The molecule has 2 atom stereocenters. The molecule has 74 valence electrons. The van der Waals surface area contributed by atoms with Crippen LogP contribution in [-0.2, 0) is 11.0 Å². The summed E-state index contributed by atoms with van der Waals surface area (Å²) in [6.45, 7) is 6.77. The van der Waals surface area contributed by atoms with Gasteiger partial charge in [-0.3, -0.25) is 5.84 Å². The van der Waals surface area contributed by atoms with Crippen molar-refractivity contribution in [1.29, 1.82) is 0 Å². The van der Waals surface area contributed by atoms with Crippen LogP contribution in [0.5, 0.6) is 0 Å². The minimum absolute atomic E-state index is 0.430. The summed E-state index contributed by atoms with van der Waals surface area (Å²) in [5, 5.41) is 9.32. The van der Waals surface area contributed by atoms with E-state index < -0.39 is 21.6 Å². The zero-order chi connectivity index (χ0) is 9.99. The normalized spacial score (nSPS) is 20.2. The van der Waals surface area contributed by atoms with Gasteiger partial charge in [-0.05, 0) is 27.7 Å². The highest BCUT2D eigenvalue weighted by molar-refractivity contribution is 7.84. The molecular formula is C6H17N3O2S. The van der Waals surface area contributed by atoms with Gasteiger partial charge in [0.15, 0.2) is 5.85 Å². The van der Waals surface area contributed by atoms with Gasteiger partial charge in [-0.1, -0.05) is 0 Å². The zero-order valence-corrected chi connectivity index (χ0v) is 8.66. The van der Waals surface area contributed by atoms with Crippen molar-refractivity contribution < 1.29 is 9.32 Å². The van der Waals surface area contributed by atoms with Gasteiger partial charge in [-0.15, -0.1) is 0 Å². The van der Waals surface area contributed by atoms with Gasteiger partial charge in [0.2, 0.25) is 0 Å². The Morgan fingerprint density at radius 1 is 1.33 bits per heavy atom. The Labute approximate surface area is 75.3 Å². The largest absolute Gasteiger partial charge is 0.362 e. The number of rotatable bonds is 3. The Kier molecular flexibility index (Phi) is 3.80. The Morgan fingerprint density at radius 3 is 2.00 bits per heavy atom. The molecule has 0 aromatic carbocycles. The molecule has 0 heterocycles. The lowest BCUT2D eigenvalue weighted by Crippen LogP contribution is -2.59. The van der Waals surface area contributed by atoms with E-state index in [0.29, 0.717) is 0 Å². The minimum atomic E-state index is -1.50. The van der Waals surface area contributed by atoms with Crippen LogP contribution in [0.1, 0.15) is 27.7 Å². The molecular weight excluding hydrogens is 178 g/mol. The van der Waals surface area contributed by atoms with Crippen molar-refractivity contribution in [2.45, 2.75) is 38.3 Å². The average Bonchev–Trinajstić information content (AvgIpc) is 1.85. The molecule has 0 spiro atoms. The highest BCUT2D eigenvalue weighted by atomic mass is 32.2. The van der Waals surface area contributed by atoms with Crippen LogP contribution < -0.4 is 16.0 Å². The van der Waals surface area contributed by atoms with Gasteiger partial charge in [-0.25, -0.2) is 9.63 Å². The van der Waals surface area contributed by atoms with Crippen molar-refractivity contribution in [2.24, 2.45) is 5.84 Å². The van der Waals surface area contributed by atoms with Crippen molar-refractivity contribution in [2.75, 3.05) is 0 Å². The van der Waals surface area contributed by atoms with E-state index in [1.807, 2.05) is 0 Å². The molecule has 2 unspecified atom stereocenters. The van der Waals surface area contributed by atoms with E-state index in [4.69, 9.17) is 5.84 Å². The maximum Gasteiger partial charge on any atom is 0.192 e. The van der Waals surface area contributed by atoms with E-state index in [2.05, 4.69) is 10.1 Å². The fraction of sp³-hybridized carbons (Fsp3) is 1.00. The number of hydrogen-bond acceptors (Lipinski definition) is 4. The van der Waals surface area contributed by atoms with Crippen LogP contribution >= 0.6 is 0 Å². The van der Waals surface area contributed by atoms with Crippen LogP contribution in [0.25, 0.3) is 0 Å². The molecule has 0 aliphatic rings. The molecule has 0 saturated carbocycles. The van der Waals surface area contributed by atoms with Crippen molar-refractivity contribution in [1.82, 2.24) is 10.1 Å². The maximum absolute atomic E-state index is 11.4. The number of nitrogens with one attached hydrogen (secondary N) is 2. The summed E-state index contributed by atoms with van der Waals surface area (Å²) in [5.74, 6) is 3.50. The van der Waals surface area contributed by atoms with Crippen molar-refractivity contribution in [3.05, 3.63) is 0 Å². The fourth-order valence-electron chi connectivity index (χ4n) is 0.363. The summed E-state index contributed by atoms with van der Waals surface area (Å²) >= 11 is 0. The lowest BCUT2D eigenvalue weighted by atomic mass is 10.3. The molecule has 0 amide bonds. The van der Waals surface area contributed by atoms with Crippen LogP contribution in [0.4, 0.5) is 0 Å². The van der Waals surface area contributed by atoms with Gasteiger partial charge in [0, 0.05) is 0 Å². The molecule has 0 radical (unpaired) electrons. The van der Waals surface area contributed by atoms with Crippen molar-refractivity contribution >= 4 is 11.0 Å². The van der Waals surface area contributed by atoms with E-state index in [9.17, 15) is 9.32 Å². The van der Waals surface area contributed by atoms with Gasteiger partial charge in [0.05, 0.1) is 4.75 Å². The van der Waals surface area contributed by atoms with Crippen LogP contribution in [-0.4, -0.2) is 19.9 Å². The molecule has 5 N–H and O–H groups in total. The highest BCUT2D eigenvalue weighted by Gasteiger charge is 2.27. The molecule has 12 heavy (non-hydrogen) atoms. The first-order valence-corrected chi connectivity index (χ1v) is 4.74. The van der Waals surface area contributed by atoms with Crippen molar-refractivity contribution in [3.8, 4) is 0 Å². The van der Waals surface area contributed by atoms with Crippen LogP contribution in [0, 0.1) is 0 Å². The quantitative estimate of drug-likeness (QED) is 0.269. The molecule has 0 fully saturated rings. The van der Waals surface area contributed by atoms with Gasteiger partial charge >= 0.3 is 0 Å². The average molecular weight is 195 g/mol. The predicted molar refractivity (Wildman–Crippen MR) is 49.0 cm³/mol. The Balaban J connectivity index is 4.20. The second-order valence-electron chi connectivity index (χ2n) is 3.70. The van der Waals surface area contributed by atoms with Gasteiger partial charge < -0.3 is 5.11 Å². The molecule has 0 aromatic rings. The second kappa shape index (κ2) is 3.80. The summed E-state index contributed by atoms with van der Waals surface area (Å²) in [5.41, 5.74) is 2.10. The zero-order valence-electron chi connectivity index (χ0n) is 7.84. The summed E-state index contributed by atoms with van der Waals surface area (Å²) in [6, 6.07) is 0. The lowest BCUT2D eigenvalue weighted by molar-refractivity contribution is 0.0140. The molecule has 0 aliphatic heterocycles. The first-order chi connectivity index (χ1) is 5.19. The monoisotopic (exact) mass is 195 g/mol. The predicted octanol–water partition coefficient (Wildman–Crippen LogP) is -0.833. The smallest absolute Gasteiger partial charge is 0.192 e. The summed E-state index contributed by atoms with van der Waals surface area (Å²) in [7, 11) is -1.35. The van der Waals surface area contributed by atoms with E-state index in [0.717, 1.165) is 0 Å². The standard InChI is InChI=1S/C6H17N3O2S/c1-5(2,3)12(11)9-6(4,10)8-7/h8-10H,7H2,1-4H3. The molecule has 6 heteroatoms. The first kappa shape index (κ1) is 12.0. The van der Waals surface area contributed by atoms with Crippen LogP contribution in [0.15, 0.2) is 0 Å².